The zero-order valence-corrected chi connectivity index (χ0v) is 16.8. The first-order valence-electron chi connectivity index (χ1n) is 8.52. The molecule has 0 aromatic rings. The van der Waals surface area contributed by atoms with E-state index in [1.807, 2.05) is 0 Å². The molecule has 1 heterocycles. The topological polar surface area (TPSA) is 185 Å². The predicted octanol–water partition coefficient (Wildman–Crippen LogP) is -2.91. The molecule has 7 N–H and O–H groups in total. The number of likely N-dealkylation sites (tertiary alicyclic amines) is 1. The van der Waals surface area contributed by atoms with Crippen molar-refractivity contribution < 1.29 is 29.1 Å². The minimum atomic E-state index is -1.36. The van der Waals surface area contributed by atoms with Gasteiger partial charge in [-0.05, 0) is 12.8 Å². The third kappa shape index (κ3) is 6.56. The molecule has 0 aliphatic carbocycles. The van der Waals surface area contributed by atoms with Crippen molar-refractivity contribution in [1.82, 2.24) is 15.5 Å². The minimum absolute atomic E-state index is 0.0566. The highest BCUT2D eigenvalue weighted by atomic mass is 32.1. The van der Waals surface area contributed by atoms with Gasteiger partial charge in [0.25, 0.3) is 0 Å². The maximum Gasteiger partial charge on any atom is 0.326 e. The van der Waals surface area contributed by atoms with Crippen LogP contribution in [0.3, 0.4) is 0 Å². The van der Waals surface area contributed by atoms with Crippen LogP contribution in [-0.2, 0) is 24.0 Å². The number of carbonyl (C=O) groups excluding carboxylic acids is 4. The lowest BCUT2D eigenvalue weighted by molar-refractivity contribution is -0.149. The first-order valence-corrected chi connectivity index (χ1v) is 9.78. The van der Waals surface area contributed by atoms with Crippen LogP contribution in [0.1, 0.15) is 19.3 Å². The van der Waals surface area contributed by atoms with Gasteiger partial charge in [-0.25, -0.2) is 4.79 Å². The highest BCUT2D eigenvalue weighted by Gasteiger charge is 2.38. The van der Waals surface area contributed by atoms with Crippen molar-refractivity contribution in [2.24, 2.45) is 11.5 Å². The Kier molecular flexibility index (Phi) is 9.55. The number of carbonyl (C=O) groups is 5. The van der Waals surface area contributed by atoms with Crippen molar-refractivity contribution in [1.29, 1.82) is 0 Å². The minimum Gasteiger partial charge on any atom is -0.480 e. The number of hydrogen-bond acceptors (Lipinski definition) is 8. The Morgan fingerprint density at radius 1 is 1.07 bits per heavy atom. The summed E-state index contributed by atoms with van der Waals surface area (Å²) in [5, 5.41) is 14.0. The van der Waals surface area contributed by atoms with Gasteiger partial charge in [0.2, 0.25) is 23.6 Å². The first kappa shape index (κ1) is 24.0. The largest absolute Gasteiger partial charge is 0.480 e. The number of carboxylic acids is 1. The summed E-state index contributed by atoms with van der Waals surface area (Å²) in [6, 6.07) is -4.46. The molecule has 4 unspecified atom stereocenters. The van der Waals surface area contributed by atoms with Crippen LogP contribution in [-0.4, -0.2) is 81.8 Å². The predicted molar refractivity (Wildman–Crippen MR) is 106 cm³/mol. The van der Waals surface area contributed by atoms with Gasteiger partial charge >= 0.3 is 5.97 Å². The normalized spacial score (nSPS) is 19.4. The van der Waals surface area contributed by atoms with Gasteiger partial charge in [0.05, 0.1) is 12.5 Å². The molecular weight excluding hydrogens is 410 g/mol. The molecule has 1 rings (SSSR count). The van der Waals surface area contributed by atoms with Gasteiger partial charge in [0.1, 0.15) is 18.1 Å². The Morgan fingerprint density at radius 3 is 2.18 bits per heavy atom. The van der Waals surface area contributed by atoms with Crippen LogP contribution in [0.15, 0.2) is 0 Å². The summed E-state index contributed by atoms with van der Waals surface area (Å²) >= 11 is 7.90. The number of rotatable bonds is 10. The van der Waals surface area contributed by atoms with E-state index in [2.05, 4.69) is 35.9 Å². The van der Waals surface area contributed by atoms with E-state index in [1.165, 1.54) is 0 Å². The number of carboxylic acid groups (broad SMARTS) is 1. The van der Waals surface area contributed by atoms with Crippen molar-refractivity contribution in [3.8, 4) is 0 Å². The molecule has 0 saturated carbocycles. The van der Waals surface area contributed by atoms with Crippen LogP contribution in [0.2, 0.25) is 0 Å². The third-order valence-corrected chi connectivity index (χ3v) is 4.95. The Bertz CT molecular complexity index is 634. The van der Waals surface area contributed by atoms with E-state index in [1.54, 1.807) is 0 Å². The highest BCUT2D eigenvalue weighted by molar-refractivity contribution is 7.80. The third-order valence-electron chi connectivity index (χ3n) is 4.19. The quantitative estimate of drug-likeness (QED) is 0.179. The van der Waals surface area contributed by atoms with Gasteiger partial charge in [-0.1, -0.05) is 0 Å². The maximum absolute atomic E-state index is 12.7. The van der Waals surface area contributed by atoms with Gasteiger partial charge in [0, 0.05) is 18.1 Å². The molecule has 4 atom stereocenters. The van der Waals surface area contributed by atoms with Gasteiger partial charge in [-0.15, -0.1) is 0 Å². The Labute approximate surface area is 172 Å². The van der Waals surface area contributed by atoms with E-state index in [-0.39, 0.29) is 24.5 Å². The summed E-state index contributed by atoms with van der Waals surface area (Å²) in [5.41, 5.74) is 10.7. The molecule has 0 spiro atoms. The number of amides is 4. The van der Waals surface area contributed by atoms with Crippen LogP contribution in [0.5, 0.6) is 0 Å². The fourth-order valence-electron chi connectivity index (χ4n) is 2.72. The summed E-state index contributed by atoms with van der Waals surface area (Å²) in [6.07, 6.45) is 0.239. The van der Waals surface area contributed by atoms with E-state index >= 15 is 0 Å². The van der Waals surface area contributed by atoms with Crippen molar-refractivity contribution in [2.75, 3.05) is 18.1 Å². The number of nitrogens with one attached hydrogen (secondary N) is 2. The zero-order chi connectivity index (χ0) is 21.4. The monoisotopic (exact) mass is 435 g/mol. The summed E-state index contributed by atoms with van der Waals surface area (Å²) in [5.74, 6) is -4.21. The van der Waals surface area contributed by atoms with Gasteiger partial charge in [-0.2, -0.15) is 25.3 Å². The summed E-state index contributed by atoms with van der Waals surface area (Å²) < 4.78 is 0. The van der Waals surface area contributed by atoms with E-state index in [0.717, 1.165) is 4.90 Å². The molecule has 1 fully saturated rings. The van der Waals surface area contributed by atoms with Crippen LogP contribution < -0.4 is 22.1 Å². The molecule has 11 nitrogen and oxygen atoms in total. The number of thiol groups is 2. The fraction of sp³-hybridized carbons (Fsp3) is 0.667. The second-order valence-electron chi connectivity index (χ2n) is 6.29. The van der Waals surface area contributed by atoms with E-state index in [9.17, 15) is 29.1 Å². The SMILES string of the molecule is NC(=O)CC(NC(=O)C(CS)NC(=O)C(N)CS)C(=O)N1CCCC1C(=O)O. The number of aliphatic carboxylic acids is 1. The first-order chi connectivity index (χ1) is 13.1. The number of primary amides is 1. The smallest absolute Gasteiger partial charge is 0.326 e. The standard InChI is InChI=1S/C15H25N5O6S2/c16-7(5-27)12(22)19-9(6-28)13(23)18-8(4-11(17)21)14(24)20-3-1-2-10(20)15(25)26/h7-10,27-28H,1-6,16H2,(H2,17,21)(H,18,23)(H,19,22)(H,25,26). The van der Waals surface area contributed by atoms with E-state index in [4.69, 9.17) is 11.5 Å². The van der Waals surface area contributed by atoms with Crippen LogP contribution in [0.4, 0.5) is 0 Å². The lowest BCUT2D eigenvalue weighted by Gasteiger charge is -2.28. The molecule has 1 saturated heterocycles. The lowest BCUT2D eigenvalue weighted by atomic mass is 10.1. The number of nitrogens with zero attached hydrogens (tertiary/aromatic N) is 1. The fourth-order valence-corrected chi connectivity index (χ4v) is 3.14. The molecule has 1 aliphatic heterocycles. The van der Waals surface area contributed by atoms with Crippen LogP contribution in [0, 0.1) is 0 Å². The maximum atomic E-state index is 12.7. The van der Waals surface area contributed by atoms with Crippen LogP contribution >= 0.6 is 25.3 Å². The average molecular weight is 436 g/mol. The van der Waals surface area contributed by atoms with Crippen molar-refractivity contribution in [3.05, 3.63) is 0 Å². The molecule has 0 radical (unpaired) electrons. The lowest BCUT2D eigenvalue weighted by Crippen LogP contribution is -2.58. The van der Waals surface area contributed by atoms with Crippen molar-refractivity contribution in [2.45, 2.75) is 43.4 Å². The van der Waals surface area contributed by atoms with Gasteiger partial charge in [-0.3, -0.25) is 19.2 Å². The van der Waals surface area contributed by atoms with Crippen molar-refractivity contribution in [3.63, 3.8) is 0 Å². The van der Waals surface area contributed by atoms with E-state index in [0.29, 0.717) is 6.42 Å². The zero-order valence-electron chi connectivity index (χ0n) is 15.0. The van der Waals surface area contributed by atoms with E-state index < -0.39 is 60.2 Å². The molecule has 4 amide bonds. The molecule has 158 valence electrons. The Morgan fingerprint density at radius 2 is 1.68 bits per heavy atom. The molecular formula is C15H25N5O6S2. The Balaban J connectivity index is 2.90. The second-order valence-corrected chi connectivity index (χ2v) is 7.02. The summed E-state index contributed by atoms with van der Waals surface area (Å²) in [6.45, 7) is 0.185. The highest BCUT2D eigenvalue weighted by Crippen LogP contribution is 2.19. The Hall–Kier alpha value is -1.99. The molecule has 0 bridgehead atoms. The second kappa shape index (κ2) is 11.1. The average Bonchev–Trinajstić information content (AvgIpc) is 3.13. The molecule has 13 heteroatoms. The molecule has 1 aliphatic rings. The molecule has 0 aromatic heterocycles. The number of hydrogen-bond donors (Lipinski definition) is 7. The van der Waals surface area contributed by atoms with Crippen molar-refractivity contribution >= 4 is 54.9 Å². The van der Waals surface area contributed by atoms with Crippen LogP contribution in [0.25, 0.3) is 0 Å². The molecule has 28 heavy (non-hydrogen) atoms. The van der Waals surface area contributed by atoms with Gasteiger partial charge < -0.3 is 32.1 Å². The summed E-state index contributed by atoms with van der Waals surface area (Å²) in [7, 11) is 0. The summed E-state index contributed by atoms with van der Waals surface area (Å²) in [4.78, 5) is 60.8. The van der Waals surface area contributed by atoms with Gasteiger partial charge in [0.15, 0.2) is 0 Å². The number of nitrogens with two attached hydrogens (primary N) is 2. The molecule has 0 aromatic carbocycles.